The van der Waals surface area contributed by atoms with E-state index in [9.17, 15) is 4.79 Å². The minimum atomic E-state index is -0.197. The van der Waals surface area contributed by atoms with Crippen molar-refractivity contribution in [2.75, 3.05) is 24.3 Å². The molecule has 140 valence electrons. The number of carbonyl (C=O) groups is 1. The number of anilines is 2. The van der Waals surface area contributed by atoms with Gasteiger partial charge in [0.25, 0.3) is 0 Å². The first-order valence-corrected chi connectivity index (χ1v) is 8.54. The Morgan fingerprint density at radius 1 is 1.25 bits per heavy atom. The molecule has 3 aromatic rings. The topological polar surface area (TPSA) is 99.9 Å². The van der Waals surface area contributed by atoms with Gasteiger partial charge < -0.3 is 15.4 Å². The molecule has 0 saturated carbocycles. The minimum absolute atomic E-state index is 0.197. The summed E-state index contributed by atoms with van der Waals surface area (Å²) in [5.74, 6) is 0.904. The van der Waals surface area contributed by atoms with Gasteiger partial charge in [0.1, 0.15) is 17.9 Å². The summed E-state index contributed by atoms with van der Waals surface area (Å²) in [6.45, 7) is 5.45. The van der Waals surface area contributed by atoms with E-state index in [1.165, 1.54) is 13.3 Å². The van der Waals surface area contributed by atoms with Crippen LogP contribution in [0.2, 0.25) is 0 Å². The molecular formula is C21H19N5O2. The quantitative estimate of drug-likeness (QED) is 0.638. The van der Waals surface area contributed by atoms with Gasteiger partial charge in [0.2, 0.25) is 5.91 Å². The SMILES string of the molecule is C=C(C#N)CNc1c(OC)ccc2ccc(-c3cc(NC(C)=O)ncn3)cc12. The van der Waals surface area contributed by atoms with E-state index in [1.54, 1.807) is 13.2 Å². The Morgan fingerprint density at radius 2 is 2.04 bits per heavy atom. The Kier molecular flexibility index (Phi) is 5.51. The number of nitrogens with one attached hydrogen (secondary N) is 2. The van der Waals surface area contributed by atoms with Gasteiger partial charge in [0, 0.05) is 36.1 Å². The van der Waals surface area contributed by atoms with E-state index < -0.39 is 0 Å². The Bertz CT molecular complexity index is 1100. The number of hydrogen-bond donors (Lipinski definition) is 2. The molecule has 0 aliphatic heterocycles. The molecule has 1 aromatic heterocycles. The smallest absolute Gasteiger partial charge is 0.222 e. The third kappa shape index (κ3) is 4.07. The number of carbonyl (C=O) groups excluding carboxylic acids is 1. The number of hydrogen-bond acceptors (Lipinski definition) is 6. The van der Waals surface area contributed by atoms with Gasteiger partial charge in [-0.15, -0.1) is 0 Å². The largest absolute Gasteiger partial charge is 0.495 e. The van der Waals surface area contributed by atoms with E-state index in [-0.39, 0.29) is 5.91 Å². The van der Waals surface area contributed by atoms with Crippen molar-refractivity contribution in [1.29, 1.82) is 5.26 Å². The molecule has 0 unspecified atom stereocenters. The summed E-state index contributed by atoms with van der Waals surface area (Å²) in [4.78, 5) is 19.6. The summed E-state index contributed by atoms with van der Waals surface area (Å²) >= 11 is 0. The Labute approximate surface area is 162 Å². The lowest BCUT2D eigenvalue weighted by atomic mass is 10.0. The standard InChI is InChI=1S/C21H19N5O2/c1-13(10-22)11-23-21-17-8-16(5-4-15(17)6-7-19(21)28-3)18-9-20(25-12-24-18)26-14(2)27/h4-9,12,23H,1,11H2,2-3H3,(H,24,25,26,27). The molecular weight excluding hydrogens is 354 g/mol. The van der Waals surface area contributed by atoms with E-state index in [0.717, 1.165) is 22.0 Å². The van der Waals surface area contributed by atoms with Gasteiger partial charge in [0.05, 0.1) is 24.6 Å². The molecule has 0 radical (unpaired) electrons. The second kappa shape index (κ2) is 8.18. The van der Waals surface area contributed by atoms with Gasteiger partial charge in [0.15, 0.2) is 0 Å². The molecule has 2 N–H and O–H groups in total. The van der Waals surface area contributed by atoms with Crippen molar-refractivity contribution in [2.45, 2.75) is 6.92 Å². The average molecular weight is 373 g/mol. The molecule has 0 bridgehead atoms. The van der Waals surface area contributed by atoms with Gasteiger partial charge in [-0.25, -0.2) is 9.97 Å². The molecule has 7 nitrogen and oxygen atoms in total. The lowest BCUT2D eigenvalue weighted by Gasteiger charge is -2.15. The molecule has 0 spiro atoms. The summed E-state index contributed by atoms with van der Waals surface area (Å²) in [7, 11) is 1.60. The van der Waals surface area contributed by atoms with Gasteiger partial charge in [-0.05, 0) is 17.5 Å². The number of rotatable bonds is 6. The molecule has 0 aliphatic rings. The van der Waals surface area contributed by atoms with Crippen LogP contribution in [0, 0.1) is 11.3 Å². The fourth-order valence-corrected chi connectivity index (χ4v) is 2.81. The van der Waals surface area contributed by atoms with Crippen LogP contribution in [-0.4, -0.2) is 29.5 Å². The van der Waals surface area contributed by atoms with Crippen LogP contribution in [0.3, 0.4) is 0 Å². The van der Waals surface area contributed by atoms with Crippen LogP contribution in [0.1, 0.15) is 6.92 Å². The van der Waals surface area contributed by atoms with Crippen LogP contribution in [-0.2, 0) is 4.79 Å². The Hall–Kier alpha value is -3.92. The van der Waals surface area contributed by atoms with Crippen molar-refractivity contribution in [2.24, 2.45) is 0 Å². The molecule has 7 heteroatoms. The first kappa shape index (κ1) is 18.9. The van der Waals surface area contributed by atoms with Crippen molar-refractivity contribution >= 4 is 28.2 Å². The highest BCUT2D eigenvalue weighted by Crippen LogP contribution is 2.35. The normalized spacial score (nSPS) is 10.2. The van der Waals surface area contributed by atoms with E-state index in [1.807, 2.05) is 36.4 Å². The van der Waals surface area contributed by atoms with E-state index in [0.29, 0.717) is 29.4 Å². The number of nitriles is 1. The van der Waals surface area contributed by atoms with Crippen molar-refractivity contribution < 1.29 is 9.53 Å². The number of amides is 1. The lowest BCUT2D eigenvalue weighted by Crippen LogP contribution is -2.07. The maximum atomic E-state index is 11.3. The van der Waals surface area contributed by atoms with Crippen molar-refractivity contribution in [3.63, 3.8) is 0 Å². The molecule has 0 fully saturated rings. The second-order valence-electron chi connectivity index (χ2n) is 6.12. The van der Waals surface area contributed by atoms with Gasteiger partial charge in [-0.1, -0.05) is 24.8 Å². The predicted octanol–water partition coefficient (Wildman–Crippen LogP) is 3.76. The average Bonchev–Trinajstić information content (AvgIpc) is 2.70. The van der Waals surface area contributed by atoms with Crippen LogP contribution in [0.4, 0.5) is 11.5 Å². The summed E-state index contributed by atoms with van der Waals surface area (Å²) < 4.78 is 5.48. The zero-order valence-electron chi connectivity index (χ0n) is 15.6. The zero-order valence-corrected chi connectivity index (χ0v) is 15.6. The monoisotopic (exact) mass is 373 g/mol. The molecule has 0 atom stereocenters. The van der Waals surface area contributed by atoms with Crippen LogP contribution < -0.4 is 15.4 Å². The van der Waals surface area contributed by atoms with E-state index in [2.05, 4.69) is 27.2 Å². The second-order valence-corrected chi connectivity index (χ2v) is 6.12. The number of aromatic nitrogens is 2. The summed E-state index contributed by atoms with van der Waals surface area (Å²) in [6, 6.07) is 13.5. The summed E-state index contributed by atoms with van der Waals surface area (Å²) in [5, 5.41) is 16.8. The number of methoxy groups -OCH3 is 1. The highest BCUT2D eigenvalue weighted by Gasteiger charge is 2.11. The summed E-state index contributed by atoms with van der Waals surface area (Å²) in [5.41, 5.74) is 2.73. The van der Waals surface area contributed by atoms with Gasteiger partial charge >= 0.3 is 0 Å². The van der Waals surface area contributed by atoms with Crippen LogP contribution >= 0.6 is 0 Å². The molecule has 1 heterocycles. The number of nitrogens with zero attached hydrogens (tertiary/aromatic N) is 3. The first-order chi connectivity index (χ1) is 13.5. The predicted molar refractivity (Wildman–Crippen MR) is 109 cm³/mol. The van der Waals surface area contributed by atoms with Crippen molar-refractivity contribution in [3.8, 4) is 23.1 Å². The molecule has 2 aromatic carbocycles. The van der Waals surface area contributed by atoms with Gasteiger partial charge in [-0.2, -0.15) is 5.26 Å². The molecule has 1 amide bonds. The number of ether oxygens (including phenoxy) is 1. The molecule has 0 saturated heterocycles. The number of fused-ring (bicyclic) bond motifs is 1. The highest BCUT2D eigenvalue weighted by molar-refractivity contribution is 5.99. The van der Waals surface area contributed by atoms with Crippen LogP contribution in [0.5, 0.6) is 5.75 Å². The maximum Gasteiger partial charge on any atom is 0.222 e. The minimum Gasteiger partial charge on any atom is -0.495 e. The van der Waals surface area contributed by atoms with Crippen molar-refractivity contribution in [1.82, 2.24) is 9.97 Å². The molecule has 3 rings (SSSR count). The Balaban J connectivity index is 2.08. The van der Waals surface area contributed by atoms with Crippen LogP contribution in [0.15, 0.2) is 54.9 Å². The van der Waals surface area contributed by atoms with E-state index >= 15 is 0 Å². The van der Waals surface area contributed by atoms with Crippen molar-refractivity contribution in [3.05, 3.63) is 54.9 Å². The lowest BCUT2D eigenvalue weighted by molar-refractivity contribution is -0.114. The fourth-order valence-electron chi connectivity index (χ4n) is 2.81. The molecule has 0 aliphatic carbocycles. The third-order valence-electron chi connectivity index (χ3n) is 4.11. The van der Waals surface area contributed by atoms with E-state index in [4.69, 9.17) is 10.00 Å². The third-order valence-corrected chi connectivity index (χ3v) is 4.11. The zero-order chi connectivity index (χ0) is 20.1. The Morgan fingerprint density at radius 3 is 2.75 bits per heavy atom. The number of benzene rings is 2. The maximum absolute atomic E-state index is 11.3. The van der Waals surface area contributed by atoms with Gasteiger partial charge in [-0.3, -0.25) is 4.79 Å². The van der Waals surface area contributed by atoms with Crippen LogP contribution in [0.25, 0.3) is 22.0 Å². The summed E-state index contributed by atoms with van der Waals surface area (Å²) in [6.07, 6.45) is 1.41. The molecule has 28 heavy (non-hydrogen) atoms. The highest BCUT2D eigenvalue weighted by atomic mass is 16.5. The fraction of sp³-hybridized carbons (Fsp3) is 0.143. The first-order valence-electron chi connectivity index (χ1n) is 8.54.